The minimum Gasteiger partial charge on any atom is -0.359 e. The zero-order valence-corrected chi connectivity index (χ0v) is 16.8. The van der Waals surface area contributed by atoms with Crippen LogP contribution >= 0.6 is 0 Å². The maximum atomic E-state index is 13.4. The second-order valence-corrected chi connectivity index (χ2v) is 7.42. The topological polar surface area (TPSA) is 81.7 Å². The highest BCUT2D eigenvalue weighted by Gasteiger charge is 2.51. The van der Waals surface area contributed by atoms with E-state index >= 15 is 0 Å². The Kier molecular flexibility index (Phi) is 5.01. The summed E-state index contributed by atoms with van der Waals surface area (Å²) in [6.07, 6.45) is 0. The van der Waals surface area contributed by atoms with Gasteiger partial charge in [0.25, 0.3) is 11.6 Å². The zero-order valence-electron chi connectivity index (χ0n) is 16.8. The van der Waals surface area contributed by atoms with E-state index in [4.69, 9.17) is 0 Å². The highest BCUT2D eigenvalue weighted by atomic mass is 16.3. The van der Waals surface area contributed by atoms with Gasteiger partial charge in [-0.05, 0) is 48.7 Å². The minimum atomic E-state index is -2.20. The molecule has 0 unspecified atom stereocenters. The molecular formula is C24H23N3O3. The number of para-hydroxylation sites is 1. The average molecular weight is 401 g/mol. The van der Waals surface area contributed by atoms with Gasteiger partial charge in [-0.3, -0.25) is 9.69 Å². The van der Waals surface area contributed by atoms with Crippen LogP contribution in [0.4, 0.5) is 16.2 Å². The molecule has 152 valence electrons. The number of nitrogens with zero attached hydrogens (tertiary/aromatic N) is 1. The molecule has 6 heteroatoms. The number of hydrogen-bond acceptors (Lipinski definition) is 3. The molecule has 1 aliphatic rings. The number of urea groups is 1. The molecule has 0 saturated heterocycles. The van der Waals surface area contributed by atoms with Crippen molar-refractivity contribution in [1.29, 1.82) is 0 Å². The maximum absolute atomic E-state index is 13.4. The normalized spacial score (nSPS) is 17.8. The summed E-state index contributed by atoms with van der Waals surface area (Å²) in [5.74, 6) is -0.674. The van der Waals surface area contributed by atoms with Gasteiger partial charge in [-0.1, -0.05) is 54.6 Å². The first-order valence-electron chi connectivity index (χ1n) is 9.74. The van der Waals surface area contributed by atoms with Gasteiger partial charge in [0.05, 0.1) is 5.69 Å². The molecule has 30 heavy (non-hydrogen) atoms. The predicted molar refractivity (Wildman–Crippen MR) is 116 cm³/mol. The molecular weight excluding hydrogens is 378 g/mol. The van der Waals surface area contributed by atoms with Crippen LogP contribution < -0.4 is 15.5 Å². The van der Waals surface area contributed by atoms with E-state index in [2.05, 4.69) is 10.6 Å². The Bertz CT molecular complexity index is 1110. The van der Waals surface area contributed by atoms with Gasteiger partial charge >= 0.3 is 6.03 Å². The number of nitrogens with one attached hydrogen (secondary N) is 2. The lowest BCUT2D eigenvalue weighted by atomic mass is 9.94. The van der Waals surface area contributed by atoms with Crippen LogP contribution in [0.5, 0.6) is 0 Å². The first-order chi connectivity index (χ1) is 14.4. The van der Waals surface area contributed by atoms with Gasteiger partial charge in [-0.15, -0.1) is 0 Å². The molecule has 0 radical (unpaired) electrons. The molecule has 3 N–H and O–H groups in total. The lowest BCUT2D eigenvalue weighted by molar-refractivity contribution is -0.140. The van der Waals surface area contributed by atoms with Gasteiger partial charge in [0.1, 0.15) is 0 Å². The van der Waals surface area contributed by atoms with E-state index in [1.165, 1.54) is 0 Å². The Morgan fingerprint density at radius 2 is 1.70 bits per heavy atom. The third kappa shape index (κ3) is 3.31. The van der Waals surface area contributed by atoms with E-state index in [1.807, 2.05) is 50.2 Å². The molecule has 1 heterocycles. The molecule has 3 amide bonds. The number of anilines is 2. The predicted octanol–water partition coefficient (Wildman–Crippen LogP) is 3.82. The SMILES string of the molecule is Cc1ccc(N2C(=O)Nc3ccccc3[C@]2(O)C(=O)NCc2ccccc2)cc1C. The first-order valence-corrected chi connectivity index (χ1v) is 9.74. The molecule has 4 rings (SSSR count). The first kappa shape index (κ1) is 19.7. The highest BCUT2D eigenvalue weighted by Crippen LogP contribution is 2.40. The van der Waals surface area contributed by atoms with Crippen molar-refractivity contribution in [1.82, 2.24) is 5.32 Å². The van der Waals surface area contributed by atoms with E-state index < -0.39 is 17.7 Å². The van der Waals surface area contributed by atoms with Gasteiger partial charge in [0.15, 0.2) is 0 Å². The molecule has 0 spiro atoms. The van der Waals surface area contributed by atoms with Gasteiger partial charge in [0, 0.05) is 17.8 Å². The molecule has 6 nitrogen and oxygen atoms in total. The van der Waals surface area contributed by atoms with Crippen LogP contribution in [0, 0.1) is 13.8 Å². The summed E-state index contributed by atoms with van der Waals surface area (Å²) in [6, 6.07) is 21.0. The van der Waals surface area contributed by atoms with Crippen molar-refractivity contribution >= 4 is 23.3 Å². The van der Waals surface area contributed by atoms with Crippen molar-refractivity contribution in [2.45, 2.75) is 26.1 Å². The Morgan fingerprint density at radius 3 is 2.43 bits per heavy atom. The van der Waals surface area contributed by atoms with Gasteiger partial charge in [-0.25, -0.2) is 4.79 Å². The van der Waals surface area contributed by atoms with E-state index in [-0.39, 0.29) is 6.54 Å². The quantitative estimate of drug-likeness (QED) is 0.622. The van der Waals surface area contributed by atoms with Crippen molar-refractivity contribution in [3.8, 4) is 0 Å². The lowest BCUT2D eigenvalue weighted by Gasteiger charge is -2.42. The fraction of sp³-hybridized carbons (Fsp3) is 0.167. The monoisotopic (exact) mass is 401 g/mol. The number of fused-ring (bicyclic) bond motifs is 1. The smallest absolute Gasteiger partial charge is 0.329 e. The van der Waals surface area contributed by atoms with Crippen molar-refractivity contribution in [2.24, 2.45) is 0 Å². The second kappa shape index (κ2) is 7.65. The average Bonchev–Trinajstić information content (AvgIpc) is 2.75. The molecule has 3 aromatic carbocycles. The van der Waals surface area contributed by atoms with Crippen molar-refractivity contribution in [3.05, 3.63) is 95.1 Å². The second-order valence-electron chi connectivity index (χ2n) is 7.42. The van der Waals surface area contributed by atoms with Gasteiger partial charge < -0.3 is 15.7 Å². The number of carbonyl (C=O) groups is 2. The fourth-order valence-corrected chi connectivity index (χ4v) is 3.63. The number of rotatable bonds is 4. The van der Waals surface area contributed by atoms with E-state index in [0.717, 1.165) is 21.6 Å². The summed E-state index contributed by atoms with van der Waals surface area (Å²) in [6.45, 7) is 4.11. The van der Waals surface area contributed by atoms with Crippen molar-refractivity contribution < 1.29 is 14.7 Å². The summed E-state index contributed by atoms with van der Waals surface area (Å²) in [5.41, 5.74) is 1.84. The Hall–Kier alpha value is -3.64. The zero-order chi connectivity index (χ0) is 21.3. The molecule has 3 aromatic rings. The van der Waals surface area contributed by atoms with Crippen LogP contribution in [-0.2, 0) is 17.1 Å². The largest absolute Gasteiger partial charge is 0.359 e. The number of hydrogen-bond donors (Lipinski definition) is 3. The number of carbonyl (C=O) groups excluding carboxylic acids is 2. The third-order valence-corrected chi connectivity index (χ3v) is 5.43. The summed E-state index contributed by atoms with van der Waals surface area (Å²) in [7, 11) is 0. The van der Waals surface area contributed by atoms with Crippen LogP contribution in [-0.4, -0.2) is 17.0 Å². The molecule has 0 aromatic heterocycles. The minimum absolute atomic E-state index is 0.229. The van der Waals surface area contributed by atoms with Crippen LogP contribution in [0.25, 0.3) is 0 Å². The summed E-state index contributed by atoms with van der Waals surface area (Å²) >= 11 is 0. The summed E-state index contributed by atoms with van der Waals surface area (Å²) in [5, 5.41) is 17.3. The van der Waals surface area contributed by atoms with Gasteiger partial charge in [0.2, 0.25) is 0 Å². The Labute approximate surface area is 175 Å². The lowest BCUT2D eigenvalue weighted by Crippen LogP contribution is -2.62. The molecule has 1 aliphatic heterocycles. The Morgan fingerprint density at radius 1 is 1.00 bits per heavy atom. The molecule has 0 saturated carbocycles. The van der Waals surface area contributed by atoms with Crippen LogP contribution in [0.3, 0.4) is 0 Å². The highest BCUT2D eigenvalue weighted by molar-refractivity contribution is 6.11. The number of amides is 3. The number of aryl methyl sites for hydroxylation is 2. The summed E-state index contributed by atoms with van der Waals surface area (Å²) in [4.78, 5) is 27.5. The maximum Gasteiger partial charge on any atom is 0.329 e. The fourth-order valence-electron chi connectivity index (χ4n) is 3.63. The summed E-state index contributed by atoms with van der Waals surface area (Å²) < 4.78 is 0. The number of benzene rings is 3. The Balaban J connectivity index is 1.78. The van der Waals surface area contributed by atoms with Crippen LogP contribution in [0.2, 0.25) is 0 Å². The van der Waals surface area contributed by atoms with E-state index in [9.17, 15) is 14.7 Å². The van der Waals surface area contributed by atoms with Crippen molar-refractivity contribution in [2.75, 3.05) is 10.2 Å². The standard InChI is InChI=1S/C24H23N3O3/c1-16-12-13-19(14-17(16)2)27-23(29)26-21-11-7-6-10-20(21)24(27,30)22(28)25-15-18-8-4-3-5-9-18/h3-14,30H,15H2,1-2H3,(H,25,28)(H,26,29)/t24-/m0/s1. The molecule has 0 fully saturated rings. The molecule has 0 bridgehead atoms. The van der Waals surface area contributed by atoms with E-state index in [1.54, 1.807) is 36.4 Å². The third-order valence-electron chi connectivity index (χ3n) is 5.43. The van der Waals surface area contributed by atoms with Gasteiger partial charge in [-0.2, -0.15) is 0 Å². The van der Waals surface area contributed by atoms with E-state index in [0.29, 0.717) is 16.9 Å². The van der Waals surface area contributed by atoms with Crippen LogP contribution in [0.15, 0.2) is 72.8 Å². The molecule has 1 atom stereocenters. The number of aliphatic hydroxyl groups is 1. The van der Waals surface area contributed by atoms with Crippen LogP contribution in [0.1, 0.15) is 22.3 Å². The molecule has 0 aliphatic carbocycles. The van der Waals surface area contributed by atoms with Crippen molar-refractivity contribution in [3.63, 3.8) is 0 Å².